The Labute approximate surface area is 173 Å². The zero-order valence-corrected chi connectivity index (χ0v) is 16.7. The van der Waals surface area contributed by atoms with Gasteiger partial charge in [-0.1, -0.05) is 30.3 Å². The van der Waals surface area contributed by atoms with Gasteiger partial charge in [0, 0.05) is 6.54 Å². The van der Waals surface area contributed by atoms with Crippen LogP contribution in [-0.2, 0) is 25.5 Å². The number of halogens is 3. The molecule has 10 heteroatoms. The number of esters is 1. The van der Waals surface area contributed by atoms with Crippen LogP contribution in [-0.4, -0.2) is 54.4 Å². The van der Waals surface area contributed by atoms with Gasteiger partial charge in [-0.25, -0.2) is 0 Å². The number of carbonyl (C=O) groups is 3. The zero-order valence-electron chi connectivity index (χ0n) is 16.7. The van der Waals surface area contributed by atoms with Crippen molar-refractivity contribution in [3.8, 4) is 0 Å². The first-order valence-corrected chi connectivity index (χ1v) is 9.69. The molecule has 3 N–H and O–H groups in total. The van der Waals surface area contributed by atoms with Gasteiger partial charge in [0.1, 0.15) is 12.1 Å². The molecule has 0 radical (unpaired) electrons. The van der Waals surface area contributed by atoms with Gasteiger partial charge in [0.05, 0.1) is 6.61 Å². The van der Waals surface area contributed by atoms with E-state index < -0.39 is 36.1 Å². The number of hydrogen-bond donors (Lipinski definition) is 3. The molecule has 0 aliphatic heterocycles. The standard InChI is InChI=1S/C20H27F3N2O5/c1-2-30-18(28)16(12-11-14-8-4-3-5-9-14)25-15(17(26)27)10-6-7-13-24-19(29)20(21,22)23/h3-5,8-9,15-16,25H,2,6-7,10-13H2,1H3,(H,24,29)(H,26,27). The topological polar surface area (TPSA) is 105 Å². The highest BCUT2D eigenvalue weighted by Crippen LogP contribution is 2.14. The number of alkyl halides is 3. The number of carboxylic acids is 1. The van der Waals surface area contributed by atoms with E-state index in [1.807, 2.05) is 30.3 Å². The maximum Gasteiger partial charge on any atom is 0.471 e. The van der Waals surface area contributed by atoms with Crippen molar-refractivity contribution >= 4 is 17.8 Å². The molecule has 30 heavy (non-hydrogen) atoms. The Bertz CT molecular complexity index is 683. The van der Waals surface area contributed by atoms with Gasteiger partial charge in [0.25, 0.3) is 0 Å². The van der Waals surface area contributed by atoms with Crippen molar-refractivity contribution in [1.29, 1.82) is 0 Å². The van der Waals surface area contributed by atoms with Crippen molar-refractivity contribution in [1.82, 2.24) is 10.6 Å². The average Bonchev–Trinajstić information content (AvgIpc) is 2.69. The zero-order chi connectivity index (χ0) is 22.6. The van der Waals surface area contributed by atoms with Crippen molar-refractivity contribution in [3.05, 3.63) is 35.9 Å². The Balaban J connectivity index is 2.57. The van der Waals surface area contributed by atoms with E-state index >= 15 is 0 Å². The third-order valence-corrected chi connectivity index (χ3v) is 4.30. The van der Waals surface area contributed by atoms with Crippen LogP contribution in [0.1, 0.15) is 38.2 Å². The van der Waals surface area contributed by atoms with Crippen LogP contribution in [0.5, 0.6) is 0 Å². The van der Waals surface area contributed by atoms with Crippen molar-refractivity contribution in [2.45, 2.75) is 57.3 Å². The van der Waals surface area contributed by atoms with Gasteiger partial charge >= 0.3 is 24.0 Å². The predicted molar refractivity (Wildman–Crippen MR) is 103 cm³/mol. The fraction of sp³-hybridized carbons (Fsp3) is 0.550. The first-order valence-electron chi connectivity index (χ1n) is 9.69. The Morgan fingerprint density at radius 2 is 1.73 bits per heavy atom. The molecule has 1 aromatic rings. The lowest BCUT2D eigenvalue weighted by Crippen LogP contribution is -2.48. The number of ether oxygens (including phenoxy) is 1. The van der Waals surface area contributed by atoms with E-state index in [1.165, 1.54) is 0 Å². The summed E-state index contributed by atoms with van der Waals surface area (Å²) in [5.74, 6) is -3.76. The second-order valence-corrected chi connectivity index (χ2v) is 6.64. The number of hydrogen-bond acceptors (Lipinski definition) is 5. The Morgan fingerprint density at radius 3 is 2.30 bits per heavy atom. The fourth-order valence-electron chi connectivity index (χ4n) is 2.76. The summed E-state index contributed by atoms with van der Waals surface area (Å²) in [7, 11) is 0. The minimum Gasteiger partial charge on any atom is -0.480 e. The molecule has 168 valence electrons. The maximum atomic E-state index is 12.2. The lowest BCUT2D eigenvalue weighted by Gasteiger charge is -2.22. The molecule has 0 spiro atoms. The molecule has 1 aromatic carbocycles. The monoisotopic (exact) mass is 432 g/mol. The Hall–Kier alpha value is -2.62. The van der Waals surface area contributed by atoms with Crippen LogP contribution in [0.4, 0.5) is 13.2 Å². The van der Waals surface area contributed by atoms with Crippen LogP contribution in [0.2, 0.25) is 0 Å². The molecule has 2 atom stereocenters. The quantitative estimate of drug-likeness (QED) is 0.327. The number of benzene rings is 1. The van der Waals surface area contributed by atoms with Crippen LogP contribution < -0.4 is 10.6 Å². The predicted octanol–water partition coefficient (Wildman–Crippen LogP) is 2.44. The van der Waals surface area contributed by atoms with Gasteiger partial charge < -0.3 is 15.2 Å². The first-order chi connectivity index (χ1) is 14.1. The Morgan fingerprint density at radius 1 is 1.07 bits per heavy atom. The molecular weight excluding hydrogens is 405 g/mol. The summed E-state index contributed by atoms with van der Waals surface area (Å²) < 4.78 is 41.4. The van der Waals surface area contributed by atoms with E-state index in [0.29, 0.717) is 12.8 Å². The van der Waals surface area contributed by atoms with Crippen molar-refractivity contribution in [2.75, 3.05) is 13.2 Å². The number of aryl methyl sites for hydroxylation is 1. The summed E-state index contributed by atoms with van der Waals surface area (Å²) in [4.78, 5) is 34.5. The van der Waals surface area contributed by atoms with Crippen LogP contribution >= 0.6 is 0 Å². The number of nitrogens with one attached hydrogen (secondary N) is 2. The van der Waals surface area contributed by atoms with E-state index in [1.54, 1.807) is 12.2 Å². The molecule has 2 unspecified atom stereocenters. The van der Waals surface area contributed by atoms with Crippen LogP contribution in [0, 0.1) is 0 Å². The Kier molecular flexibility index (Phi) is 10.9. The molecule has 0 aromatic heterocycles. The minimum atomic E-state index is -4.95. The molecule has 0 heterocycles. The minimum absolute atomic E-state index is 0.0818. The number of unbranched alkanes of at least 4 members (excludes halogenated alkanes) is 1. The molecule has 0 aliphatic rings. The van der Waals surface area contributed by atoms with Gasteiger partial charge in [0.2, 0.25) is 0 Å². The highest BCUT2D eigenvalue weighted by atomic mass is 19.4. The highest BCUT2D eigenvalue weighted by Gasteiger charge is 2.38. The smallest absolute Gasteiger partial charge is 0.471 e. The summed E-state index contributed by atoms with van der Waals surface area (Å²) in [6.07, 6.45) is -3.59. The van der Waals surface area contributed by atoms with E-state index in [4.69, 9.17) is 4.74 Å². The van der Waals surface area contributed by atoms with Gasteiger partial charge in [0.15, 0.2) is 0 Å². The van der Waals surface area contributed by atoms with Crippen LogP contribution in [0.25, 0.3) is 0 Å². The molecule has 1 rings (SSSR count). The summed E-state index contributed by atoms with van der Waals surface area (Å²) in [6.45, 7) is 1.58. The molecular formula is C20H27F3N2O5. The van der Waals surface area contributed by atoms with Gasteiger partial charge in [-0.3, -0.25) is 19.7 Å². The SMILES string of the molecule is CCOC(=O)C(CCc1ccccc1)NC(CCCCNC(=O)C(F)(F)F)C(=O)O. The molecule has 1 amide bonds. The number of amides is 1. The summed E-state index contributed by atoms with van der Waals surface area (Å²) >= 11 is 0. The number of carbonyl (C=O) groups excluding carboxylic acids is 2. The van der Waals surface area contributed by atoms with E-state index in [2.05, 4.69) is 5.32 Å². The van der Waals surface area contributed by atoms with Gasteiger partial charge in [-0.2, -0.15) is 13.2 Å². The first kappa shape index (κ1) is 25.4. The van der Waals surface area contributed by atoms with Gasteiger partial charge in [-0.15, -0.1) is 0 Å². The van der Waals surface area contributed by atoms with Crippen molar-refractivity contribution in [2.24, 2.45) is 0 Å². The van der Waals surface area contributed by atoms with Crippen molar-refractivity contribution in [3.63, 3.8) is 0 Å². The van der Waals surface area contributed by atoms with Crippen LogP contribution in [0.3, 0.4) is 0 Å². The molecule has 0 saturated carbocycles. The molecule has 0 aliphatic carbocycles. The third-order valence-electron chi connectivity index (χ3n) is 4.30. The molecule has 0 fully saturated rings. The summed E-state index contributed by atoms with van der Waals surface area (Å²) in [5.41, 5.74) is 0.987. The molecule has 0 saturated heterocycles. The molecule has 7 nitrogen and oxygen atoms in total. The second kappa shape index (κ2) is 12.8. The average molecular weight is 432 g/mol. The van der Waals surface area contributed by atoms with Crippen LogP contribution in [0.15, 0.2) is 30.3 Å². The van der Waals surface area contributed by atoms with Gasteiger partial charge in [-0.05, 0) is 44.6 Å². The second-order valence-electron chi connectivity index (χ2n) is 6.64. The third kappa shape index (κ3) is 9.73. The maximum absolute atomic E-state index is 12.2. The van der Waals surface area contributed by atoms with E-state index in [-0.39, 0.29) is 32.4 Å². The molecule has 0 bridgehead atoms. The lowest BCUT2D eigenvalue weighted by molar-refractivity contribution is -0.173. The number of aliphatic carboxylic acids is 1. The normalized spacial score (nSPS) is 13.3. The largest absolute Gasteiger partial charge is 0.480 e. The summed E-state index contributed by atoms with van der Waals surface area (Å²) in [5, 5.41) is 14.0. The lowest BCUT2D eigenvalue weighted by atomic mass is 10.0. The van der Waals surface area contributed by atoms with E-state index in [0.717, 1.165) is 5.56 Å². The number of carboxylic acid groups (broad SMARTS) is 1. The fourth-order valence-corrected chi connectivity index (χ4v) is 2.76. The van der Waals surface area contributed by atoms with Crippen molar-refractivity contribution < 1.29 is 37.4 Å². The highest BCUT2D eigenvalue weighted by molar-refractivity contribution is 5.81. The van der Waals surface area contributed by atoms with E-state index in [9.17, 15) is 32.7 Å². The number of rotatable bonds is 13. The summed E-state index contributed by atoms with van der Waals surface area (Å²) in [6, 6.07) is 7.46.